The number of nitrogens with zero attached hydrogens (tertiary/aromatic N) is 1. The highest BCUT2D eigenvalue weighted by Crippen LogP contribution is 2.37. The first-order chi connectivity index (χ1) is 12.6. The summed E-state index contributed by atoms with van der Waals surface area (Å²) in [6.07, 6.45) is 1.57. The quantitative estimate of drug-likeness (QED) is 0.590. The van der Waals surface area contributed by atoms with Gasteiger partial charge in [-0.05, 0) is 35.9 Å². The number of halogens is 1. The number of methoxy groups -OCH3 is 3. The van der Waals surface area contributed by atoms with E-state index in [9.17, 15) is 4.79 Å². The van der Waals surface area contributed by atoms with Crippen LogP contribution in [-0.2, 0) is 9.53 Å². The first kappa shape index (κ1) is 17.8. The molecule has 0 spiro atoms. The monoisotopic (exact) mass is 373 g/mol. The lowest BCUT2D eigenvalue weighted by molar-refractivity contribution is -0.129. The van der Waals surface area contributed by atoms with Gasteiger partial charge in [0.1, 0.15) is 5.75 Å². The second kappa shape index (κ2) is 7.49. The van der Waals surface area contributed by atoms with Crippen LogP contribution in [0.15, 0.2) is 47.1 Å². The minimum atomic E-state index is -0.559. The van der Waals surface area contributed by atoms with E-state index in [0.717, 1.165) is 0 Å². The van der Waals surface area contributed by atoms with Crippen LogP contribution in [-0.4, -0.2) is 33.2 Å². The van der Waals surface area contributed by atoms with Gasteiger partial charge in [0.05, 0.1) is 31.9 Å². The zero-order valence-electron chi connectivity index (χ0n) is 14.4. The fourth-order valence-corrected chi connectivity index (χ4v) is 2.82. The van der Waals surface area contributed by atoms with Crippen molar-refractivity contribution < 1.29 is 23.7 Å². The predicted molar refractivity (Wildman–Crippen MR) is 98.2 cm³/mol. The van der Waals surface area contributed by atoms with Gasteiger partial charge in [-0.25, -0.2) is 9.79 Å². The molecule has 7 heteroatoms. The largest absolute Gasteiger partial charge is 0.496 e. The summed E-state index contributed by atoms with van der Waals surface area (Å²) in [7, 11) is 4.55. The maximum atomic E-state index is 12.2. The van der Waals surface area contributed by atoms with Gasteiger partial charge in [-0.1, -0.05) is 23.7 Å². The molecule has 1 aliphatic heterocycles. The second-order valence-electron chi connectivity index (χ2n) is 5.27. The average molecular weight is 374 g/mol. The Morgan fingerprint density at radius 2 is 1.77 bits per heavy atom. The molecule has 0 aliphatic carbocycles. The van der Waals surface area contributed by atoms with Crippen LogP contribution in [0, 0.1) is 0 Å². The zero-order valence-corrected chi connectivity index (χ0v) is 15.2. The molecular formula is C19H16ClNO5. The van der Waals surface area contributed by atoms with Gasteiger partial charge >= 0.3 is 5.97 Å². The summed E-state index contributed by atoms with van der Waals surface area (Å²) in [6.45, 7) is 0. The van der Waals surface area contributed by atoms with Crippen molar-refractivity contribution in [2.75, 3.05) is 21.3 Å². The summed E-state index contributed by atoms with van der Waals surface area (Å²) in [5, 5.41) is 0.360. The third kappa shape index (κ3) is 3.36. The van der Waals surface area contributed by atoms with Crippen molar-refractivity contribution in [1.29, 1.82) is 0 Å². The summed E-state index contributed by atoms with van der Waals surface area (Å²) >= 11 is 6.20. The molecule has 0 atom stereocenters. The molecule has 0 fully saturated rings. The van der Waals surface area contributed by atoms with Gasteiger partial charge in [0.15, 0.2) is 17.2 Å². The Bertz CT molecular complexity index is 920. The topological polar surface area (TPSA) is 66.3 Å². The molecule has 1 heterocycles. The normalized spacial score (nSPS) is 14.8. The number of cyclic esters (lactones) is 1. The smallest absolute Gasteiger partial charge is 0.363 e. The Morgan fingerprint density at radius 1 is 1.04 bits per heavy atom. The first-order valence-electron chi connectivity index (χ1n) is 7.65. The highest BCUT2D eigenvalue weighted by molar-refractivity contribution is 6.32. The van der Waals surface area contributed by atoms with Crippen LogP contribution in [0.5, 0.6) is 17.2 Å². The van der Waals surface area contributed by atoms with Crippen LogP contribution < -0.4 is 14.2 Å². The van der Waals surface area contributed by atoms with Crippen LogP contribution in [0.4, 0.5) is 0 Å². The number of rotatable bonds is 5. The van der Waals surface area contributed by atoms with E-state index in [0.29, 0.717) is 33.4 Å². The molecule has 0 N–H and O–H groups in total. The van der Waals surface area contributed by atoms with Crippen molar-refractivity contribution in [1.82, 2.24) is 0 Å². The molecule has 0 bridgehead atoms. The van der Waals surface area contributed by atoms with Gasteiger partial charge in [0.2, 0.25) is 5.90 Å². The number of carbonyl (C=O) groups is 1. The molecule has 0 radical (unpaired) electrons. The molecule has 0 amide bonds. The zero-order chi connectivity index (χ0) is 18.7. The molecule has 0 unspecified atom stereocenters. The maximum Gasteiger partial charge on any atom is 0.363 e. The third-order valence-corrected chi connectivity index (χ3v) is 4.00. The van der Waals surface area contributed by atoms with Crippen LogP contribution in [0.25, 0.3) is 6.08 Å². The van der Waals surface area contributed by atoms with Gasteiger partial charge in [-0.3, -0.25) is 0 Å². The first-order valence-corrected chi connectivity index (χ1v) is 8.02. The Morgan fingerprint density at radius 3 is 2.46 bits per heavy atom. The lowest BCUT2D eigenvalue weighted by atomic mass is 10.1. The Kier molecular flexibility index (Phi) is 5.14. The fraction of sp³-hybridized carbons (Fsp3) is 0.158. The van der Waals surface area contributed by atoms with Crippen LogP contribution in [0.2, 0.25) is 5.02 Å². The molecule has 0 saturated heterocycles. The fourth-order valence-electron chi connectivity index (χ4n) is 2.52. The van der Waals surface area contributed by atoms with E-state index < -0.39 is 5.97 Å². The standard InChI is InChI=1S/C19H16ClNO5/c1-23-15-7-5-4-6-12(15)18-21-14(19(22)26-18)9-11-8-13(20)17(25-3)16(10-11)24-2/h4-10H,1-3H3/b14-9+. The van der Waals surface area contributed by atoms with E-state index in [2.05, 4.69) is 4.99 Å². The second-order valence-corrected chi connectivity index (χ2v) is 5.68. The van der Waals surface area contributed by atoms with E-state index in [4.69, 9.17) is 30.5 Å². The van der Waals surface area contributed by atoms with Crippen molar-refractivity contribution in [2.24, 2.45) is 4.99 Å². The number of para-hydroxylation sites is 1. The Hall–Kier alpha value is -2.99. The number of benzene rings is 2. The minimum Gasteiger partial charge on any atom is -0.496 e. The van der Waals surface area contributed by atoms with E-state index in [1.807, 2.05) is 12.1 Å². The summed E-state index contributed by atoms with van der Waals surface area (Å²) in [6, 6.07) is 10.5. The number of ether oxygens (including phenoxy) is 4. The highest BCUT2D eigenvalue weighted by Gasteiger charge is 2.26. The number of aliphatic imine (C=N–C) groups is 1. The molecule has 1 aliphatic rings. The summed E-state index contributed by atoms with van der Waals surface area (Å²) in [4.78, 5) is 16.5. The van der Waals surface area contributed by atoms with Gasteiger partial charge in [-0.15, -0.1) is 0 Å². The predicted octanol–water partition coefficient (Wildman–Crippen LogP) is 3.71. The van der Waals surface area contributed by atoms with Crippen LogP contribution in [0.1, 0.15) is 11.1 Å². The molecule has 26 heavy (non-hydrogen) atoms. The molecule has 3 rings (SSSR count). The van der Waals surface area contributed by atoms with E-state index in [-0.39, 0.29) is 11.6 Å². The number of hydrogen-bond donors (Lipinski definition) is 0. The molecule has 0 aromatic heterocycles. The van der Waals surface area contributed by atoms with Gasteiger partial charge in [0.25, 0.3) is 0 Å². The molecule has 2 aromatic rings. The van der Waals surface area contributed by atoms with Crippen molar-refractivity contribution in [3.8, 4) is 17.2 Å². The molecule has 2 aromatic carbocycles. The highest BCUT2D eigenvalue weighted by atomic mass is 35.5. The van der Waals surface area contributed by atoms with Crippen LogP contribution >= 0.6 is 11.6 Å². The van der Waals surface area contributed by atoms with Gasteiger partial charge in [-0.2, -0.15) is 0 Å². The number of esters is 1. The third-order valence-electron chi connectivity index (χ3n) is 3.72. The Labute approximate surface area is 155 Å². The summed E-state index contributed by atoms with van der Waals surface area (Å²) in [5.74, 6) is 1.06. The van der Waals surface area contributed by atoms with E-state index in [1.165, 1.54) is 14.2 Å². The molecule has 134 valence electrons. The molecule has 6 nitrogen and oxygen atoms in total. The van der Waals surface area contributed by atoms with E-state index >= 15 is 0 Å². The van der Waals surface area contributed by atoms with Crippen molar-refractivity contribution >= 4 is 29.5 Å². The Balaban J connectivity index is 2.00. The minimum absolute atomic E-state index is 0.147. The summed E-state index contributed by atoms with van der Waals surface area (Å²) in [5.41, 5.74) is 1.37. The molecular weight excluding hydrogens is 358 g/mol. The van der Waals surface area contributed by atoms with Crippen LogP contribution in [0.3, 0.4) is 0 Å². The lowest BCUT2D eigenvalue weighted by Crippen LogP contribution is -2.06. The number of hydrogen-bond acceptors (Lipinski definition) is 6. The lowest BCUT2D eigenvalue weighted by Gasteiger charge is -2.10. The average Bonchev–Trinajstić information content (AvgIpc) is 3.01. The maximum absolute atomic E-state index is 12.2. The molecule has 0 saturated carbocycles. The van der Waals surface area contributed by atoms with Crippen molar-refractivity contribution in [2.45, 2.75) is 0 Å². The van der Waals surface area contributed by atoms with Gasteiger partial charge < -0.3 is 18.9 Å². The van der Waals surface area contributed by atoms with Crippen molar-refractivity contribution in [3.63, 3.8) is 0 Å². The summed E-state index contributed by atoms with van der Waals surface area (Å²) < 4.78 is 21.0. The van der Waals surface area contributed by atoms with Gasteiger partial charge in [0, 0.05) is 0 Å². The van der Waals surface area contributed by atoms with E-state index in [1.54, 1.807) is 37.5 Å². The SMILES string of the molecule is COc1ccccc1C1=N/C(=C/c2cc(Cl)c(OC)c(OC)c2)C(=O)O1. The number of carbonyl (C=O) groups excluding carboxylic acids is 1. The van der Waals surface area contributed by atoms with Crippen molar-refractivity contribution in [3.05, 3.63) is 58.2 Å².